The van der Waals surface area contributed by atoms with Gasteiger partial charge in [-0.25, -0.2) is 0 Å². The third-order valence-electron chi connectivity index (χ3n) is 3.68. The van der Waals surface area contributed by atoms with Crippen molar-refractivity contribution in [3.8, 4) is 0 Å². The third kappa shape index (κ3) is 3.68. The fraction of sp³-hybridized carbons (Fsp3) is 0.643. The molecule has 0 unspecified atom stereocenters. The summed E-state index contributed by atoms with van der Waals surface area (Å²) in [5.74, 6) is 0. The molecule has 0 spiro atoms. The van der Waals surface area contributed by atoms with E-state index in [-0.39, 0.29) is 5.56 Å². The molecule has 0 aliphatic carbocycles. The topological polar surface area (TPSA) is 43.3 Å². The number of rotatable bonds is 5. The Kier molecular flexibility index (Phi) is 4.55. The summed E-state index contributed by atoms with van der Waals surface area (Å²) in [7, 11) is 0. The summed E-state index contributed by atoms with van der Waals surface area (Å²) >= 11 is 0. The molecular formula is C14H22N2O2. The molecule has 4 nitrogen and oxygen atoms in total. The van der Waals surface area contributed by atoms with E-state index < -0.39 is 0 Å². The van der Waals surface area contributed by atoms with Crippen LogP contribution < -0.4 is 10.9 Å². The molecule has 100 valence electrons. The van der Waals surface area contributed by atoms with Gasteiger partial charge < -0.3 is 14.6 Å². The highest BCUT2D eigenvalue weighted by molar-refractivity contribution is 4.93. The summed E-state index contributed by atoms with van der Waals surface area (Å²) in [5.41, 5.74) is 0.413. The van der Waals surface area contributed by atoms with E-state index >= 15 is 0 Å². The van der Waals surface area contributed by atoms with Crippen molar-refractivity contribution < 1.29 is 4.74 Å². The molecule has 0 aromatic carbocycles. The highest BCUT2D eigenvalue weighted by atomic mass is 16.5. The SMILES string of the molecule is CC1(CNCCn2ccccc2=O)CCOCC1. The third-order valence-corrected chi connectivity index (χ3v) is 3.68. The zero-order valence-corrected chi connectivity index (χ0v) is 11.0. The predicted octanol–water partition coefficient (Wildman–Crippen LogP) is 1.25. The van der Waals surface area contributed by atoms with Gasteiger partial charge in [-0.2, -0.15) is 0 Å². The Morgan fingerprint density at radius 3 is 2.89 bits per heavy atom. The zero-order chi connectivity index (χ0) is 12.8. The minimum absolute atomic E-state index is 0.0663. The molecule has 1 aromatic heterocycles. The summed E-state index contributed by atoms with van der Waals surface area (Å²) in [6, 6.07) is 5.26. The number of hydrogen-bond acceptors (Lipinski definition) is 3. The van der Waals surface area contributed by atoms with Gasteiger partial charge in [0, 0.05) is 45.1 Å². The molecule has 1 aliphatic rings. The van der Waals surface area contributed by atoms with E-state index in [1.807, 2.05) is 12.3 Å². The van der Waals surface area contributed by atoms with Crippen LogP contribution in [0.2, 0.25) is 0 Å². The fourth-order valence-corrected chi connectivity index (χ4v) is 2.28. The van der Waals surface area contributed by atoms with Crippen LogP contribution in [0.1, 0.15) is 19.8 Å². The average molecular weight is 250 g/mol. The van der Waals surface area contributed by atoms with E-state index in [0.717, 1.165) is 45.7 Å². The maximum absolute atomic E-state index is 11.5. The summed E-state index contributed by atoms with van der Waals surface area (Å²) in [4.78, 5) is 11.5. The van der Waals surface area contributed by atoms with Crippen LogP contribution in [0, 0.1) is 5.41 Å². The molecule has 0 saturated carbocycles. The van der Waals surface area contributed by atoms with Gasteiger partial charge >= 0.3 is 0 Å². The first-order valence-electron chi connectivity index (χ1n) is 6.64. The van der Waals surface area contributed by atoms with Gasteiger partial charge in [-0.3, -0.25) is 4.79 Å². The summed E-state index contributed by atoms with van der Waals surface area (Å²) < 4.78 is 7.12. The average Bonchev–Trinajstić information content (AvgIpc) is 2.37. The van der Waals surface area contributed by atoms with Crippen LogP contribution in [0.15, 0.2) is 29.2 Å². The summed E-state index contributed by atoms with van der Waals surface area (Å²) in [6.07, 6.45) is 4.07. The molecule has 1 fully saturated rings. The zero-order valence-electron chi connectivity index (χ0n) is 11.0. The van der Waals surface area contributed by atoms with Gasteiger partial charge in [0.05, 0.1) is 0 Å². The standard InChI is InChI=1S/C14H22N2O2/c1-14(5-10-18-11-6-14)12-15-7-9-16-8-3-2-4-13(16)17/h2-4,8,15H,5-7,9-12H2,1H3. The molecule has 1 aliphatic heterocycles. The number of aromatic nitrogens is 1. The van der Waals surface area contributed by atoms with E-state index in [1.54, 1.807) is 16.7 Å². The van der Waals surface area contributed by atoms with Crippen LogP contribution in [-0.4, -0.2) is 30.9 Å². The van der Waals surface area contributed by atoms with Gasteiger partial charge in [-0.1, -0.05) is 13.0 Å². The first-order valence-corrected chi connectivity index (χ1v) is 6.64. The molecule has 0 amide bonds. The Labute approximate surface area is 108 Å². The van der Waals surface area contributed by atoms with Crippen LogP contribution in [-0.2, 0) is 11.3 Å². The Bertz CT molecular complexity index is 422. The second-order valence-corrected chi connectivity index (χ2v) is 5.33. The Morgan fingerprint density at radius 2 is 2.17 bits per heavy atom. The van der Waals surface area contributed by atoms with Crippen LogP contribution in [0.5, 0.6) is 0 Å². The second-order valence-electron chi connectivity index (χ2n) is 5.33. The van der Waals surface area contributed by atoms with Crippen molar-refractivity contribution in [3.05, 3.63) is 34.7 Å². The lowest BCUT2D eigenvalue weighted by atomic mass is 9.82. The number of nitrogens with zero attached hydrogens (tertiary/aromatic N) is 1. The van der Waals surface area contributed by atoms with Gasteiger partial charge in [0.25, 0.3) is 5.56 Å². The van der Waals surface area contributed by atoms with Gasteiger partial charge in [-0.15, -0.1) is 0 Å². The maximum Gasteiger partial charge on any atom is 0.250 e. The van der Waals surface area contributed by atoms with E-state index in [0.29, 0.717) is 5.41 Å². The number of hydrogen-bond donors (Lipinski definition) is 1. The molecule has 2 rings (SSSR count). The Hall–Kier alpha value is -1.13. The molecule has 4 heteroatoms. The van der Waals surface area contributed by atoms with Crippen molar-refractivity contribution in [2.45, 2.75) is 26.3 Å². The number of pyridine rings is 1. The predicted molar refractivity (Wildman–Crippen MR) is 71.7 cm³/mol. The monoisotopic (exact) mass is 250 g/mol. The largest absolute Gasteiger partial charge is 0.381 e. The van der Waals surface area contributed by atoms with E-state index in [4.69, 9.17) is 4.74 Å². The lowest BCUT2D eigenvalue weighted by Crippen LogP contribution is -2.38. The van der Waals surface area contributed by atoms with Gasteiger partial charge in [0.15, 0.2) is 0 Å². The minimum atomic E-state index is 0.0663. The van der Waals surface area contributed by atoms with Crippen LogP contribution in [0.25, 0.3) is 0 Å². The van der Waals surface area contributed by atoms with Crippen LogP contribution >= 0.6 is 0 Å². The van der Waals surface area contributed by atoms with E-state index in [2.05, 4.69) is 12.2 Å². The van der Waals surface area contributed by atoms with Crippen molar-refractivity contribution in [1.29, 1.82) is 0 Å². The summed E-state index contributed by atoms with van der Waals surface area (Å²) in [6.45, 7) is 6.61. The highest BCUT2D eigenvalue weighted by Gasteiger charge is 2.26. The number of nitrogens with one attached hydrogen (secondary N) is 1. The molecule has 1 N–H and O–H groups in total. The quantitative estimate of drug-likeness (QED) is 0.800. The first-order chi connectivity index (χ1) is 8.70. The molecule has 1 aromatic rings. The van der Waals surface area contributed by atoms with Gasteiger partial charge in [0.1, 0.15) is 0 Å². The molecule has 1 saturated heterocycles. The van der Waals surface area contributed by atoms with Crippen molar-refractivity contribution >= 4 is 0 Å². The lowest BCUT2D eigenvalue weighted by Gasteiger charge is -2.33. The van der Waals surface area contributed by atoms with Crippen LogP contribution in [0.3, 0.4) is 0 Å². The molecule has 18 heavy (non-hydrogen) atoms. The first kappa shape index (κ1) is 13.3. The molecule has 0 atom stereocenters. The molecule has 2 heterocycles. The van der Waals surface area contributed by atoms with Gasteiger partial charge in [0.2, 0.25) is 0 Å². The number of ether oxygens (including phenoxy) is 1. The van der Waals surface area contributed by atoms with Crippen molar-refractivity contribution in [1.82, 2.24) is 9.88 Å². The Balaban J connectivity index is 1.73. The fourth-order valence-electron chi connectivity index (χ4n) is 2.28. The molecular weight excluding hydrogens is 228 g/mol. The van der Waals surface area contributed by atoms with Crippen LogP contribution in [0.4, 0.5) is 0 Å². The smallest absolute Gasteiger partial charge is 0.250 e. The van der Waals surface area contributed by atoms with E-state index in [9.17, 15) is 4.79 Å². The van der Waals surface area contributed by atoms with Crippen molar-refractivity contribution in [2.24, 2.45) is 5.41 Å². The minimum Gasteiger partial charge on any atom is -0.381 e. The molecule has 0 radical (unpaired) electrons. The lowest BCUT2D eigenvalue weighted by molar-refractivity contribution is 0.0241. The molecule has 0 bridgehead atoms. The normalized spacial score (nSPS) is 18.7. The van der Waals surface area contributed by atoms with Crippen molar-refractivity contribution in [2.75, 3.05) is 26.3 Å². The highest BCUT2D eigenvalue weighted by Crippen LogP contribution is 2.28. The van der Waals surface area contributed by atoms with Crippen molar-refractivity contribution in [3.63, 3.8) is 0 Å². The van der Waals surface area contributed by atoms with E-state index in [1.165, 1.54) is 0 Å². The second kappa shape index (κ2) is 6.16. The summed E-state index contributed by atoms with van der Waals surface area (Å²) in [5, 5.41) is 3.46. The van der Waals surface area contributed by atoms with Gasteiger partial charge in [-0.05, 0) is 24.3 Å². The maximum atomic E-state index is 11.5. The Morgan fingerprint density at radius 1 is 1.39 bits per heavy atom.